The number of aromatic nitrogens is 1. The molecule has 8 heteroatoms. The minimum atomic E-state index is -4.39. The minimum Gasteiger partial charge on any atom is -0.324 e. The number of halogens is 3. The van der Waals surface area contributed by atoms with E-state index in [1.165, 1.54) is 17.0 Å². The summed E-state index contributed by atoms with van der Waals surface area (Å²) in [7, 11) is 0. The second kappa shape index (κ2) is 8.70. The summed E-state index contributed by atoms with van der Waals surface area (Å²) in [6.07, 6.45) is -2.78. The summed E-state index contributed by atoms with van der Waals surface area (Å²) in [4.78, 5) is 20.3. The number of amides is 2. The zero-order valence-corrected chi connectivity index (χ0v) is 17.8. The van der Waals surface area contributed by atoms with Gasteiger partial charge in [-0.3, -0.25) is 0 Å². The molecule has 162 valence electrons. The molecule has 3 aromatic rings. The topological polar surface area (TPSA) is 45.2 Å². The Balaban J connectivity index is 1.35. The lowest BCUT2D eigenvalue weighted by molar-refractivity contribution is -0.137. The second-order valence-electron chi connectivity index (χ2n) is 7.59. The maximum atomic E-state index is 12.7. The third kappa shape index (κ3) is 4.90. The van der Waals surface area contributed by atoms with Crippen LogP contribution in [0.4, 0.5) is 23.7 Å². The molecule has 2 aromatic carbocycles. The van der Waals surface area contributed by atoms with Crippen molar-refractivity contribution >= 4 is 23.1 Å². The number of nitrogens with one attached hydrogen (secondary N) is 1. The van der Waals surface area contributed by atoms with E-state index in [2.05, 4.69) is 24.4 Å². The predicted octanol–water partition coefficient (Wildman–Crippen LogP) is 6.55. The van der Waals surface area contributed by atoms with Crippen LogP contribution in [-0.4, -0.2) is 29.0 Å². The van der Waals surface area contributed by atoms with Gasteiger partial charge in [0.1, 0.15) is 0 Å². The van der Waals surface area contributed by atoms with Gasteiger partial charge in [0, 0.05) is 35.1 Å². The molecule has 0 bridgehead atoms. The molecule has 4 rings (SSSR count). The smallest absolute Gasteiger partial charge is 0.324 e. The van der Waals surface area contributed by atoms with Gasteiger partial charge in [0.05, 0.1) is 16.3 Å². The van der Waals surface area contributed by atoms with Gasteiger partial charge in [0.2, 0.25) is 0 Å². The number of hydrogen-bond donors (Lipinski definition) is 1. The van der Waals surface area contributed by atoms with Gasteiger partial charge in [-0.15, -0.1) is 11.3 Å². The van der Waals surface area contributed by atoms with Gasteiger partial charge in [-0.2, -0.15) is 13.2 Å². The Hall–Kier alpha value is -2.87. The average Bonchev–Trinajstić information content (AvgIpc) is 3.16. The molecule has 1 saturated heterocycles. The Morgan fingerprint density at radius 2 is 1.71 bits per heavy atom. The van der Waals surface area contributed by atoms with Crippen molar-refractivity contribution in [3.8, 4) is 11.3 Å². The second-order valence-corrected chi connectivity index (χ2v) is 8.82. The van der Waals surface area contributed by atoms with E-state index in [9.17, 15) is 18.0 Å². The standard InChI is InChI=1S/C23H22F3N3OS/c1-15-20(16-5-3-2-4-6-16)28-21(31-15)17-11-13-29(14-12-17)22(30)27-19-9-7-18(8-10-19)23(24,25)26/h2-10,17H,11-14H2,1H3,(H,27,30). The van der Waals surface area contributed by atoms with Crippen LogP contribution in [0.15, 0.2) is 54.6 Å². The van der Waals surface area contributed by atoms with Crippen molar-refractivity contribution in [2.75, 3.05) is 18.4 Å². The third-order valence-electron chi connectivity index (χ3n) is 5.46. The molecule has 1 N–H and O–H groups in total. The lowest BCUT2D eigenvalue weighted by Gasteiger charge is -2.31. The summed E-state index contributed by atoms with van der Waals surface area (Å²) in [5.74, 6) is 0.302. The fourth-order valence-electron chi connectivity index (χ4n) is 3.73. The zero-order valence-electron chi connectivity index (χ0n) is 16.9. The number of hydrogen-bond acceptors (Lipinski definition) is 3. The number of piperidine rings is 1. The minimum absolute atomic E-state index is 0.293. The van der Waals surface area contributed by atoms with Crippen LogP contribution in [0, 0.1) is 6.92 Å². The molecule has 0 saturated carbocycles. The van der Waals surface area contributed by atoms with Crippen molar-refractivity contribution in [3.63, 3.8) is 0 Å². The Labute approximate surface area is 182 Å². The Bertz CT molecular complexity index is 1040. The van der Waals surface area contributed by atoms with Crippen LogP contribution in [0.5, 0.6) is 0 Å². The summed E-state index contributed by atoms with van der Waals surface area (Å²) >= 11 is 1.71. The van der Waals surface area contributed by atoms with E-state index in [4.69, 9.17) is 4.98 Å². The summed E-state index contributed by atoms with van der Waals surface area (Å²) in [5.41, 5.74) is 1.74. The number of thiazole rings is 1. The summed E-state index contributed by atoms with van der Waals surface area (Å²) in [5, 5.41) is 3.78. The van der Waals surface area contributed by atoms with E-state index in [1.807, 2.05) is 18.2 Å². The number of alkyl halides is 3. The molecule has 0 aliphatic carbocycles. The number of urea groups is 1. The van der Waals surface area contributed by atoms with Gasteiger partial charge in [0.25, 0.3) is 0 Å². The van der Waals surface area contributed by atoms with Gasteiger partial charge < -0.3 is 10.2 Å². The van der Waals surface area contributed by atoms with Crippen molar-refractivity contribution in [1.82, 2.24) is 9.88 Å². The van der Waals surface area contributed by atoms with Crippen LogP contribution in [0.25, 0.3) is 11.3 Å². The fraction of sp³-hybridized carbons (Fsp3) is 0.304. The fourth-order valence-corrected chi connectivity index (χ4v) is 4.84. The highest BCUT2D eigenvalue weighted by atomic mass is 32.1. The zero-order chi connectivity index (χ0) is 22.0. The van der Waals surface area contributed by atoms with Crippen molar-refractivity contribution < 1.29 is 18.0 Å². The number of anilines is 1. The van der Waals surface area contributed by atoms with Gasteiger partial charge in [0.15, 0.2) is 0 Å². The number of benzene rings is 2. The highest BCUT2D eigenvalue weighted by Crippen LogP contribution is 2.36. The van der Waals surface area contributed by atoms with E-state index >= 15 is 0 Å². The first-order valence-corrected chi connectivity index (χ1v) is 10.9. The monoisotopic (exact) mass is 445 g/mol. The van der Waals surface area contributed by atoms with Crippen LogP contribution in [0.1, 0.15) is 34.2 Å². The number of carbonyl (C=O) groups is 1. The number of likely N-dealkylation sites (tertiary alicyclic amines) is 1. The molecule has 1 aliphatic heterocycles. The number of aryl methyl sites for hydroxylation is 1. The number of rotatable bonds is 3. The highest BCUT2D eigenvalue weighted by molar-refractivity contribution is 7.12. The van der Waals surface area contributed by atoms with Gasteiger partial charge in [-0.25, -0.2) is 9.78 Å². The molecule has 0 radical (unpaired) electrons. The molecular formula is C23H22F3N3OS. The van der Waals surface area contributed by atoms with Crippen molar-refractivity contribution in [2.45, 2.75) is 31.9 Å². The molecule has 1 aromatic heterocycles. The van der Waals surface area contributed by atoms with Crippen molar-refractivity contribution in [2.24, 2.45) is 0 Å². The first-order chi connectivity index (χ1) is 14.8. The molecular weight excluding hydrogens is 423 g/mol. The van der Waals surface area contributed by atoms with E-state index in [-0.39, 0.29) is 6.03 Å². The molecule has 31 heavy (non-hydrogen) atoms. The molecule has 0 atom stereocenters. The van der Waals surface area contributed by atoms with Crippen molar-refractivity contribution in [3.05, 3.63) is 70.0 Å². The molecule has 4 nitrogen and oxygen atoms in total. The number of nitrogens with zero attached hydrogens (tertiary/aromatic N) is 2. The third-order valence-corrected chi connectivity index (χ3v) is 6.59. The molecule has 2 heterocycles. The average molecular weight is 446 g/mol. The van der Waals surface area contributed by atoms with E-state index < -0.39 is 11.7 Å². The first kappa shape index (κ1) is 21.4. The van der Waals surface area contributed by atoms with E-state index in [0.29, 0.717) is 24.7 Å². The normalized spacial score (nSPS) is 15.2. The van der Waals surface area contributed by atoms with Gasteiger partial charge in [-0.05, 0) is 44.0 Å². The lowest BCUT2D eigenvalue weighted by Crippen LogP contribution is -2.40. The van der Waals surface area contributed by atoms with Gasteiger partial charge >= 0.3 is 12.2 Å². The van der Waals surface area contributed by atoms with Gasteiger partial charge in [-0.1, -0.05) is 30.3 Å². The molecule has 2 amide bonds. The SMILES string of the molecule is Cc1sc(C2CCN(C(=O)Nc3ccc(C(F)(F)F)cc3)CC2)nc1-c1ccccc1. The summed E-state index contributed by atoms with van der Waals surface area (Å²) in [6.45, 7) is 3.24. The number of carbonyl (C=O) groups excluding carboxylic acids is 1. The summed E-state index contributed by atoms with van der Waals surface area (Å²) in [6, 6.07) is 14.3. The highest BCUT2D eigenvalue weighted by Gasteiger charge is 2.30. The van der Waals surface area contributed by atoms with Crippen LogP contribution in [0.2, 0.25) is 0 Å². The molecule has 1 aliphatic rings. The largest absolute Gasteiger partial charge is 0.416 e. The maximum absolute atomic E-state index is 12.7. The summed E-state index contributed by atoms with van der Waals surface area (Å²) < 4.78 is 38.0. The van der Waals surface area contributed by atoms with Crippen LogP contribution in [0.3, 0.4) is 0 Å². The Morgan fingerprint density at radius 3 is 2.32 bits per heavy atom. The predicted molar refractivity (Wildman–Crippen MR) is 116 cm³/mol. The van der Waals surface area contributed by atoms with Crippen molar-refractivity contribution in [1.29, 1.82) is 0 Å². The molecule has 0 spiro atoms. The Kier molecular flexibility index (Phi) is 6.00. The first-order valence-electron chi connectivity index (χ1n) is 10.1. The molecule has 1 fully saturated rings. The van der Waals surface area contributed by atoms with E-state index in [1.54, 1.807) is 16.2 Å². The van der Waals surface area contributed by atoms with Crippen LogP contribution < -0.4 is 5.32 Å². The lowest BCUT2D eigenvalue weighted by atomic mass is 9.97. The quantitative estimate of drug-likeness (QED) is 0.497. The Morgan fingerprint density at radius 1 is 1.06 bits per heavy atom. The van der Waals surface area contributed by atoms with Crippen LogP contribution in [-0.2, 0) is 6.18 Å². The van der Waals surface area contributed by atoms with E-state index in [0.717, 1.165) is 41.2 Å². The molecule has 0 unspecified atom stereocenters. The van der Waals surface area contributed by atoms with Crippen LogP contribution >= 0.6 is 11.3 Å². The maximum Gasteiger partial charge on any atom is 0.416 e.